The van der Waals surface area contributed by atoms with Crippen LogP contribution < -0.4 is 14.8 Å². The maximum absolute atomic E-state index is 6.36. The third-order valence-corrected chi connectivity index (χ3v) is 4.57. The van der Waals surface area contributed by atoms with Crippen molar-refractivity contribution in [1.29, 1.82) is 0 Å². The van der Waals surface area contributed by atoms with Crippen molar-refractivity contribution >= 4 is 23.8 Å². The molecule has 0 amide bonds. The van der Waals surface area contributed by atoms with Gasteiger partial charge in [-0.05, 0) is 44.7 Å². The van der Waals surface area contributed by atoms with Crippen LogP contribution >= 0.6 is 11.6 Å². The van der Waals surface area contributed by atoms with Crippen molar-refractivity contribution in [2.75, 3.05) is 33.8 Å². The summed E-state index contributed by atoms with van der Waals surface area (Å²) in [5.74, 6) is 2.25. The Morgan fingerprint density at radius 1 is 1.37 bits per heavy atom. The summed E-state index contributed by atoms with van der Waals surface area (Å²) < 4.78 is 16.5. The van der Waals surface area contributed by atoms with Gasteiger partial charge in [0.15, 0.2) is 17.3 Å². The molecule has 1 N–H and O–H groups in total. The summed E-state index contributed by atoms with van der Waals surface area (Å²) in [7, 11) is 3.65. The van der Waals surface area contributed by atoms with Crippen molar-refractivity contribution in [3.8, 4) is 11.5 Å². The summed E-state index contributed by atoms with van der Waals surface area (Å²) in [5, 5.41) is 7.95. The van der Waals surface area contributed by atoms with Crippen molar-refractivity contribution in [2.45, 2.75) is 26.0 Å². The zero-order valence-corrected chi connectivity index (χ0v) is 16.8. The smallest absolute Gasteiger partial charge is 0.250 e. The van der Waals surface area contributed by atoms with Gasteiger partial charge < -0.3 is 19.3 Å². The van der Waals surface area contributed by atoms with E-state index in [9.17, 15) is 0 Å². The number of rotatable bonds is 6. The van der Waals surface area contributed by atoms with Crippen LogP contribution in [-0.2, 0) is 0 Å². The number of benzene rings is 1. The van der Waals surface area contributed by atoms with E-state index in [1.165, 1.54) is 0 Å². The number of likely N-dealkylation sites (N-methyl/N-ethyl adjacent to an activating group) is 1. The molecule has 1 unspecified atom stereocenters. The average molecular weight is 393 g/mol. The first-order valence-corrected chi connectivity index (χ1v) is 9.32. The number of ether oxygens (including phenoxy) is 2. The van der Waals surface area contributed by atoms with Gasteiger partial charge >= 0.3 is 0 Å². The molecule has 0 spiro atoms. The lowest BCUT2D eigenvalue weighted by Crippen LogP contribution is -2.44. The van der Waals surface area contributed by atoms with Gasteiger partial charge in [-0.2, -0.15) is 4.98 Å². The molecule has 0 saturated carbocycles. The van der Waals surface area contributed by atoms with Gasteiger partial charge in [-0.3, -0.25) is 4.90 Å². The van der Waals surface area contributed by atoms with Crippen LogP contribution in [0.1, 0.15) is 37.2 Å². The van der Waals surface area contributed by atoms with Crippen LogP contribution in [0.5, 0.6) is 11.5 Å². The Balaban J connectivity index is 1.77. The van der Waals surface area contributed by atoms with Crippen molar-refractivity contribution in [3.05, 3.63) is 34.4 Å². The number of piperazine rings is 1. The lowest BCUT2D eigenvalue weighted by atomic mass is 10.2. The largest absolute Gasteiger partial charge is 0.493 e. The number of methoxy groups -OCH3 is 1. The molecule has 1 fully saturated rings. The molecule has 1 aromatic heterocycles. The normalized spacial score (nSPS) is 18.4. The second kappa shape index (κ2) is 8.73. The maximum atomic E-state index is 6.36. The average Bonchev–Trinajstić information content (AvgIpc) is 3.10. The molecule has 1 aliphatic heterocycles. The van der Waals surface area contributed by atoms with Gasteiger partial charge in [-0.25, -0.2) is 0 Å². The maximum Gasteiger partial charge on any atom is 0.250 e. The van der Waals surface area contributed by atoms with Crippen LogP contribution in [0.2, 0.25) is 5.02 Å². The highest BCUT2D eigenvalue weighted by Gasteiger charge is 2.24. The quantitative estimate of drug-likeness (QED) is 0.808. The molecule has 0 aliphatic carbocycles. The molecular weight excluding hydrogens is 368 g/mol. The van der Waals surface area contributed by atoms with Crippen molar-refractivity contribution in [3.63, 3.8) is 0 Å². The lowest BCUT2D eigenvalue weighted by molar-refractivity contribution is 0.190. The van der Waals surface area contributed by atoms with Gasteiger partial charge in [0, 0.05) is 25.7 Å². The summed E-state index contributed by atoms with van der Waals surface area (Å²) >= 11 is 6.36. The molecular formula is C19H25ClN4O3. The second-order valence-corrected chi connectivity index (χ2v) is 7.13. The predicted molar refractivity (Wildman–Crippen MR) is 105 cm³/mol. The Morgan fingerprint density at radius 2 is 2.19 bits per heavy atom. The van der Waals surface area contributed by atoms with E-state index in [4.69, 9.17) is 25.6 Å². The van der Waals surface area contributed by atoms with Crippen LogP contribution in [0, 0.1) is 0 Å². The van der Waals surface area contributed by atoms with E-state index in [2.05, 4.69) is 27.4 Å². The monoisotopic (exact) mass is 392 g/mol. The van der Waals surface area contributed by atoms with E-state index in [1.807, 2.05) is 32.1 Å². The van der Waals surface area contributed by atoms with E-state index in [1.54, 1.807) is 13.2 Å². The fraction of sp³-hybridized carbons (Fsp3) is 0.474. The van der Waals surface area contributed by atoms with Gasteiger partial charge in [0.1, 0.15) is 0 Å². The Morgan fingerprint density at radius 3 is 2.89 bits per heavy atom. The van der Waals surface area contributed by atoms with Gasteiger partial charge in [0.25, 0.3) is 5.89 Å². The Kier molecular flexibility index (Phi) is 6.36. The van der Waals surface area contributed by atoms with Crippen LogP contribution in [0.4, 0.5) is 0 Å². The Hall–Kier alpha value is -2.09. The summed E-state index contributed by atoms with van der Waals surface area (Å²) in [6.45, 7) is 6.61. The lowest BCUT2D eigenvalue weighted by Gasteiger charge is -2.30. The molecule has 1 aromatic carbocycles. The first-order chi connectivity index (χ1) is 13.0. The van der Waals surface area contributed by atoms with E-state index < -0.39 is 0 Å². The topological polar surface area (TPSA) is 72.7 Å². The fourth-order valence-electron chi connectivity index (χ4n) is 2.90. The number of hydrogen-bond acceptors (Lipinski definition) is 7. The molecule has 1 atom stereocenters. The number of halogens is 1. The first kappa shape index (κ1) is 19.7. The molecule has 1 aliphatic rings. The summed E-state index contributed by atoms with van der Waals surface area (Å²) in [6.07, 6.45) is 3.62. The molecule has 146 valence electrons. The standard InChI is InChI=1S/C19H25ClN4O3/c1-12(2)26-18-14(20)9-13(10-16(18)25-4)5-6-17-22-19(23-27-17)15-11-21-7-8-24(15)3/h5-6,9-10,12,15,21H,7-8,11H2,1-4H3/b6-5+. The van der Waals surface area contributed by atoms with Gasteiger partial charge in [0.2, 0.25) is 0 Å². The SMILES string of the molecule is COc1cc(/C=C/c2nc(C3CNCCN3C)no2)cc(Cl)c1OC(C)C. The Bertz CT molecular complexity index is 806. The van der Waals surface area contributed by atoms with Crippen LogP contribution in [-0.4, -0.2) is 54.9 Å². The van der Waals surface area contributed by atoms with E-state index in [0.29, 0.717) is 28.2 Å². The second-order valence-electron chi connectivity index (χ2n) is 6.73. The van der Waals surface area contributed by atoms with Crippen molar-refractivity contribution in [1.82, 2.24) is 20.4 Å². The van der Waals surface area contributed by atoms with Gasteiger partial charge in [-0.15, -0.1) is 0 Å². The zero-order valence-electron chi connectivity index (χ0n) is 16.0. The van der Waals surface area contributed by atoms with E-state index in [0.717, 1.165) is 25.2 Å². The fourth-order valence-corrected chi connectivity index (χ4v) is 3.16. The van der Waals surface area contributed by atoms with Crippen LogP contribution in [0.3, 0.4) is 0 Å². The van der Waals surface area contributed by atoms with Crippen molar-refractivity contribution < 1.29 is 14.0 Å². The Labute approximate surface area is 164 Å². The number of nitrogens with one attached hydrogen (secondary N) is 1. The molecule has 2 aromatic rings. The summed E-state index contributed by atoms with van der Waals surface area (Å²) in [4.78, 5) is 6.70. The van der Waals surface area contributed by atoms with Crippen LogP contribution in [0.25, 0.3) is 12.2 Å². The van der Waals surface area contributed by atoms with Crippen LogP contribution in [0.15, 0.2) is 16.7 Å². The molecule has 3 rings (SSSR count). The molecule has 0 bridgehead atoms. The summed E-state index contributed by atoms with van der Waals surface area (Å²) in [5.41, 5.74) is 0.851. The number of aromatic nitrogens is 2. The molecule has 7 nitrogen and oxygen atoms in total. The third kappa shape index (κ3) is 4.80. The minimum atomic E-state index is 0.00187. The minimum Gasteiger partial charge on any atom is -0.493 e. The zero-order chi connectivity index (χ0) is 19.4. The molecule has 27 heavy (non-hydrogen) atoms. The molecule has 8 heteroatoms. The van der Waals surface area contributed by atoms with E-state index in [-0.39, 0.29) is 12.1 Å². The molecule has 0 radical (unpaired) electrons. The number of nitrogens with zero attached hydrogens (tertiary/aromatic N) is 3. The third-order valence-electron chi connectivity index (χ3n) is 4.29. The highest BCUT2D eigenvalue weighted by atomic mass is 35.5. The predicted octanol–water partition coefficient (Wildman–Crippen LogP) is 3.27. The van der Waals surface area contributed by atoms with Gasteiger partial charge in [-0.1, -0.05) is 16.8 Å². The highest BCUT2D eigenvalue weighted by molar-refractivity contribution is 6.32. The highest BCUT2D eigenvalue weighted by Crippen LogP contribution is 2.37. The minimum absolute atomic E-state index is 0.00187. The number of hydrogen-bond donors (Lipinski definition) is 1. The van der Waals surface area contributed by atoms with Gasteiger partial charge in [0.05, 0.1) is 24.3 Å². The molecule has 2 heterocycles. The summed E-state index contributed by atoms with van der Waals surface area (Å²) in [6, 6.07) is 3.79. The van der Waals surface area contributed by atoms with Crippen molar-refractivity contribution in [2.24, 2.45) is 0 Å². The first-order valence-electron chi connectivity index (χ1n) is 8.94. The van der Waals surface area contributed by atoms with E-state index >= 15 is 0 Å². The molecule has 1 saturated heterocycles.